The molecule has 0 fully saturated rings. The van der Waals surface area contributed by atoms with Crippen molar-refractivity contribution in [2.24, 2.45) is 0 Å². The number of H-pyrrole nitrogens is 1. The number of thioether (sulfide) groups is 1. The molecule has 1 amide bonds. The van der Waals surface area contributed by atoms with Gasteiger partial charge in [0.2, 0.25) is 0 Å². The molecule has 0 unspecified atom stereocenters. The van der Waals surface area contributed by atoms with Crippen LogP contribution in [-0.4, -0.2) is 24.5 Å². The number of methoxy groups -OCH3 is 1. The highest BCUT2D eigenvalue weighted by Crippen LogP contribution is 2.25. The van der Waals surface area contributed by atoms with E-state index < -0.39 is 0 Å². The van der Waals surface area contributed by atoms with Gasteiger partial charge in [0.05, 0.1) is 24.7 Å². The monoisotopic (exact) mass is 406 g/mol. The van der Waals surface area contributed by atoms with Crippen molar-refractivity contribution < 1.29 is 13.9 Å². The third kappa shape index (κ3) is 4.49. The Bertz CT molecular complexity index is 1100. The molecule has 0 aliphatic carbocycles. The Morgan fingerprint density at radius 1 is 1.17 bits per heavy atom. The van der Waals surface area contributed by atoms with Crippen LogP contribution in [0.2, 0.25) is 0 Å². The SMILES string of the molecule is COc1ccc2c(CCNC(=O)c3ccoc3CSc3ccccc3)c[nH]c2c1. The van der Waals surface area contributed by atoms with Gasteiger partial charge in [0, 0.05) is 34.6 Å². The summed E-state index contributed by atoms with van der Waals surface area (Å²) >= 11 is 1.65. The second kappa shape index (κ2) is 8.92. The van der Waals surface area contributed by atoms with Crippen LogP contribution in [0.3, 0.4) is 0 Å². The maximum Gasteiger partial charge on any atom is 0.254 e. The molecule has 0 atom stereocenters. The number of benzene rings is 2. The molecule has 29 heavy (non-hydrogen) atoms. The molecular formula is C23H22N2O3S. The molecule has 2 heterocycles. The van der Waals surface area contributed by atoms with Gasteiger partial charge in [0.1, 0.15) is 11.5 Å². The molecule has 2 aromatic carbocycles. The maximum atomic E-state index is 12.6. The van der Waals surface area contributed by atoms with Gasteiger partial charge in [-0.1, -0.05) is 18.2 Å². The number of hydrogen-bond acceptors (Lipinski definition) is 4. The van der Waals surface area contributed by atoms with E-state index >= 15 is 0 Å². The van der Waals surface area contributed by atoms with E-state index in [1.165, 1.54) is 0 Å². The van der Waals surface area contributed by atoms with Crippen LogP contribution in [-0.2, 0) is 12.2 Å². The Kier molecular flexibility index (Phi) is 5.91. The summed E-state index contributed by atoms with van der Waals surface area (Å²) < 4.78 is 10.8. The topological polar surface area (TPSA) is 67.3 Å². The van der Waals surface area contributed by atoms with Gasteiger partial charge < -0.3 is 19.5 Å². The molecule has 0 saturated heterocycles. The molecule has 0 aliphatic heterocycles. The van der Waals surface area contributed by atoms with Gasteiger partial charge in [-0.05, 0) is 42.3 Å². The lowest BCUT2D eigenvalue weighted by molar-refractivity contribution is 0.0952. The Labute approximate surface area is 173 Å². The Balaban J connectivity index is 1.34. The van der Waals surface area contributed by atoms with Crippen molar-refractivity contribution in [1.29, 1.82) is 0 Å². The number of fused-ring (bicyclic) bond motifs is 1. The Morgan fingerprint density at radius 3 is 2.86 bits per heavy atom. The summed E-state index contributed by atoms with van der Waals surface area (Å²) in [6.07, 6.45) is 4.29. The van der Waals surface area contributed by atoms with Crippen molar-refractivity contribution >= 4 is 28.6 Å². The zero-order valence-electron chi connectivity index (χ0n) is 16.1. The number of furan rings is 1. The Hall–Kier alpha value is -3.12. The highest BCUT2D eigenvalue weighted by Gasteiger charge is 2.15. The lowest BCUT2D eigenvalue weighted by atomic mass is 10.1. The predicted molar refractivity (Wildman–Crippen MR) is 116 cm³/mol. The van der Waals surface area contributed by atoms with Crippen LogP contribution in [0.25, 0.3) is 10.9 Å². The minimum atomic E-state index is -0.107. The molecule has 0 aliphatic rings. The number of aromatic amines is 1. The summed E-state index contributed by atoms with van der Waals surface area (Å²) in [5.41, 5.74) is 2.79. The van der Waals surface area contributed by atoms with Crippen molar-refractivity contribution in [2.75, 3.05) is 13.7 Å². The average Bonchev–Trinajstić information content (AvgIpc) is 3.39. The molecule has 5 nitrogen and oxygen atoms in total. The van der Waals surface area contributed by atoms with Gasteiger partial charge in [-0.15, -0.1) is 11.8 Å². The second-order valence-corrected chi connectivity index (χ2v) is 7.64. The predicted octanol–water partition coefficient (Wildman–Crippen LogP) is 5.03. The van der Waals surface area contributed by atoms with Crippen molar-refractivity contribution in [2.45, 2.75) is 17.1 Å². The Morgan fingerprint density at radius 2 is 2.03 bits per heavy atom. The van der Waals surface area contributed by atoms with Crippen molar-refractivity contribution in [1.82, 2.24) is 10.3 Å². The van der Waals surface area contributed by atoms with Crippen LogP contribution >= 0.6 is 11.8 Å². The first kappa shape index (κ1) is 19.2. The molecule has 0 spiro atoms. The molecule has 2 aromatic heterocycles. The quantitative estimate of drug-likeness (QED) is 0.403. The number of carbonyl (C=O) groups is 1. The van der Waals surface area contributed by atoms with Crippen LogP contribution in [0.5, 0.6) is 5.75 Å². The minimum absolute atomic E-state index is 0.107. The summed E-state index contributed by atoms with van der Waals surface area (Å²) in [5, 5.41) is 4.14. The number of carbonyl (C=O) groups excluding carboxylic acids is 1. The zero-order valence-corrected chi connectivity index (χ0v) is 16.9. The van der Waals surface area contributed by atoms with Crippen molar-refractivity contribution in [3.05, 3.63) is 83.9 Å². The number of aromatic nitrogens is 1. The number of nitrogens with one attached hydrogen (secondary N) is 2. The first-order chi connectivity index (χ1) is 14.2. The average molecular weight is 407 g/mol. The van der Waals surface area contributed by atoms with E-state index in [0.29, 0.717) is 23.6 Å². The normalized spacial score (nSPS) is 10.9. The number of ether oxygens (including phenoxy) is 1. The number of amides is 1. The minimum Gasteiger partial charge on any atom is -0.497 e. The van der Waals surface area contributed by atoms with Gasteiger partial charge in [0.25, 0.3) is 5.91 Å². The first-order valence-corrected chi connectivity index (χ1v) is 10.4. The molecule has 0 bridgehead atoms. The summed E-state index contributed by atoms with van der Waals surface area (Å²) in [7, 11) is 1.66. The van der Waals surface area contributed by atoms with Gasteiger partial charge in [-0.2, -0.15) is 0 Å². The molecule has 0 saturated carbocycles. The second-order valence-electron chi connectivity index (χ2n) is 6.59. The van der Waals surface area contributed by atoms with Crippen LogP contribution in [0.1, 0.15) is 21.7 Å². The highest BCUT2D eigenvalue weighted by atomic mass is 32.2. The van der Waals surface area contributed by atoms with Crippen LogP contribution < -0.4 is 10.1 Å². The molecule has 6 heteroatoms. The van der Waals surface area contributed by atoms with E-state index in [0.717, 1.165) is 33.5 Å². The summed E-state index contributed by atoms with van der Waals surface area (Å²) in [6, 6.07) is 17.8. The largest absolute Gasteiger partial charge is 0.497 e. The standard InChI is InChI=1S/C23H22N2O3S/c1-27-17-7-8-19-16(14-25-21(19)13-17)9-11-24-23(26)20-10-12-28-22(20)15-29-18-5-3-2-4-6-18/h2-8,10,12-14,25H,9,11,15H2,1H3,(H,24,26). The van der Waals surface area contributed by atoms with Crippen LogP contribution in [0, 0.1) is 0 Å². The van der Waals surface area contributed by atoms with E-state index in [-0.39, 0.29) is 5.91 Å². The van der Waals surface area contributed by atoms with Gasteiger partial charge in [-0.3, -0.25) is 4.79 Å². The first-order valence-electron chi connectivity index (χ1n) is 9.41. The molecule has 2 N–H and O–H groups in total. The van der Waals surface area contributed by atoms with E-state index in [1.54, 1.807) is 31.2 Å². The van der Waals surface area contributed by atoms with Gasteiger partial charge in [0.15, 0.2) is 0 Å². The molecular weight excluding hydrogens is 384 g/mol. The van der Waals surface area contributed by atoms with E-state index in [9.17, 15) is 4.79 Å². The fourth-order valence-corrected chi connectivity index (χ4v) is 4.10. The van der Waals surface area contributed by atoms with Crippen LogP contribution in [0.4, 0.5) is 0 Å². The van der Waals surface area contributed by atoms with Crippen LogP contribution in [0.15, 0.2) is 76.4 Å². The fourth-order valence-electron chi connectivity index (χ4n) is 3.23. The molecule has 148 valence electrons. The van der Waals surface area contributed by atoms with Gasteiger partial charge in [-0.25, -0.2) is 0 Å². The number of hydrogen-bond donors (Lipinski definition) is 2. The summed E-state index contributed by atoms with van der Waals surface area (Å²) in [6.45, 7) is 0.550. The van der Waals surface area contributed by atoms with Crippen molar-refractivity contribution in [3.63, 3.8) is 0 Å². The maximum absolute atomic E-state index is 12.6. The summed E-state index contributed by atoms with van der Waals surface area (Å²) in [5.74, 6) is 2.02. The zero-order chi connectivity index (χ0) is 20.1. The highest BCUT2D eigenvalue weighted by molar-refractivity contribution is 7.98. The fraction of sp³-hybridized carbons (Fsp3) is 0.174. The van der Waals surface area contributed by atoms with Crippen molar-refractivity contribution in [3.8, 4) is 5.75 Å². The molecule has 4 rings (SSSR count). The smallest absolute Gasteiger partial charge is 0.254 e. The molecule has 0 radical (unpaired) electrons. The van der Waals surface area contributed by atoms with Gasteiger partial charge >= 0.3 is 0 Å². The van der Waals surface area contributed by atoms with E-state index in [1.807, 2.05) is 54.7 Å². The third-order valence-corrected chi connectivity index (χ3v) is 5.77. The van der Waals surface area contributed by atoms with E-state index in [2.05, 4.69) is 10.3 Å². The lowest BCUT2D eigenvalue weighted by Crippen LogP contribution is -2.26. The lowest BCUT2D eigenvalue weighted by Gasteiger charge is -2.06. The number of rotatable bonds is 8. The van der Waals surface area contributed by atoms with E-state index in [4.69, 9.17) is 9.15 Å². The third-order valence-electron chi connectivity index (χ3n) is 4.76. The molecule has 4 aromatic rings. The summed E-state index contributed by atoms with van der Waals surface area (Å²) in [4.78, 5) is 17.0.